The molecule has 1 N–H and O–H groups in total. The second kappa shape index (κ2) is 10.7. The van der Waals surface area contributed by atoms with E-state index in [0.717, 1.165) is 5.56 Å². The molecular formula is C21H24N2O5. The molecule has 0 bridgehead atoms. The lowest BCUT2D eigenvalue weighted by molar-refractivity contribution is -0.384. The van der Waals surface area contributed by atoms with Crippen molar-refractivity contribution in [2.45, 2.75) is 20.3 Å². The summed E-state index contributed by atoms with van der Waals surface area (Å²) in [6.07, 6.45) is 3.68. The molecule has 0 heterocycles. The van der Waals surface area contributed by atoms with E-state index in [2.05, 4.69) is 5.32 Å². The molecule has 7 heteroatoms. The number of hydrogen-bond acceptors (Lipinski definition) is 5. The number of nitrogens with zero attached hydrogens (tertiary/aromatic N) is 1. The molecular weight excluding hydrogens is 360 g/mol. The number of hydrogen-bond donors (Lipinski definition) is 1. The number of benzene rings is 2. The van der Waals surface area contributed by atoms with Crippen LogP contribution in [0.1, 0.15) is 25.0 Å². The van der Waals surface area contributed by atoms with Gasteiger partial charge >= 0.3 is 0 Å². The standard InChI is InChI=1S/C21H24N2O5/c1-3-27-19-11-7-17(15-20(19)28-4-2)13-14-22-21(24)12-8-16-5-9-18(10-6-16)23(25)26/h5-12,15H,3-4,13-14H2,1-2H3,(H,22,24). The molecule has 0 aliphatic carbocycles. The van der Waals surface area contributed by atoms with Crippen molar-refractivity contribution in [3.63, 3.8) is 0 Å². The van der Waals surface area contributed by atoms with E-state index in [1.165, 1.54) is 18.2 Å². The van der Waals surface area contributed by atoms with Crippen LogP contribution in [0.2, 0.25) is 0 Å². The Labute approximate surface area is 164 Å². The van der Waals surface area contributed by atoms with Gasteiger partial charge in [-0.3, -0.25) is 14.9 Å². The summed E-state index contributed by atoms with van der Waals surface area (Å²) in [7, 11) is 0. The van der Waals surface area contributed by atoms with E-state index in [0.29, 0.717) is 43.2 Å². The monoisotopic (exact) mass is 384 g/mol. The molecule has 0 aliphatic heterocycles. The molecule has 0 aliphatic rings. The van der Waals surface area contributed by atoms with Crippen LogP contribution in [0.4, 0.5) is 5.69 Å². The van der Waals surface area contributed by atoms with Crippen LogP contribution in [0.25, 0.3) is 6.08 Å². The number of nitro groups is 1. The van der Waals surface area contributed by atoms with Crippen LogP contribution >= 0.6 is 0 Å². The fourth-order valence-electron chi connectivity index (χ4n) is 2.52. The molecule has 28 heavy (non-hydrogen) atoms. The van der Waals surface area contributed by atoms with E-state index < -0.39 is 4.92 Å². The first-order chi connectivity index (χ1) is 13.5. The lowest BCUT2D eigenvalue weighted by Crippen LogP contribution is -2.23. The van der Waals surface area contributed by atoms with Crippen molar-refractivity contribution in [1.82, 2.24) is 5.32 Å². The lowest BCUT2D eigenvalue weighted by atomic mass is 10.1. The van der Waals surface area contributed by atoms with Gasteiger partial charge in [-0.15, -0.1) is 0 Å². The molecule has 7 nitrogen and oxygen atoms in total. The van der Waals surface area contributed by atoms with Crippen molar-refractivity contribution < 1.29 is 19.2 Å². The van der Waals surface area contributed by atoms with Crippen molar-refractivity contribution in [2.24, 2.45) is 0 Å². The van der Waals surface area contributed by atoms with E-state index in [1.54, 1.807) is 18.2 Å². The third-order valence-corrected chi connectivity index (χ3v) is 3.85. The second-order valence-electron chi connectivity index (χ2n) is 5.87. The molecule has 1 amide bonds. The van der Waals surface area contributed by atoms with Gasteiger partial charge in [0.15, 0.2) is 11.5 Å². The van der Waals surface area contributed by atoms with Gasteiger partial charge in [0.2, 0.25) is 5.91 Å². The fraction of sp³-hybridized carbons (Fsp3) is 0.286. The molecule has 0 spiro atoms. The van der Waals surface area contributed by atoms with Crippen LogP contribution in [0, 0.1) is 10.1 Å². The van der Waals surface area contributed by atoms with Crippen LogP contribution in [-0.2, 0) is 11.2 Å². The zero-order valence-electron chi connectivity index (χ0n) is 16.0. The number of rotatable bonds is 10. The van der Waals surface area contributed by atoms with E-state index in [-0.39, 0.29) is 11.6 Å². The minimum atomic E-state index is -0.460. The van der Waals surface area contributed by atoms with Crippen LogP contribution in [-0.4, -0.2) is 30.6 Å². The van der Waals surface area contributed by atoms with Crippen LogP contribution in [0.5, 0.6) is 11.5 Å². The first kappa shape index (κ1) is 21.0. The van der Waals surface area contributed by atoms with E-state index in [9.17, 15) is 14.9 Å². The summed E-state index contributed by atoms with van der Waals surface area (Å²) in [4.78, 5) is 22.1. The van der Waals surface area contributed by atoms with Gasteiger partial charge in [0.1, 0.15) is 0 Å². The van der Waals surface area contributed by atoms with E-state index in [4.69, 9.17) is 9.47 Å². The maximum Gasteiger partial charge on any atom is 0.269 e. The van der Waals surface area contributed by atoms with Crippen molar-refractivity contribution >= 4 is 17.7 Å². The Kier molecular flexibility index (Phi) is 8.02. The highest BCUT2D eigenvalue weighted by atomic mass is 16.6. The molecule has 148 valence electrons. The van der Waals surface area contributed by atoms with Gasteiger partial charge in [-0.05, 0) is 61.7 Å². The Balaban J connectivity index is 1.86. The van der Waals surface area contributed by atoms with Gasteiger partial charge < -0.3 is 14.8 Å². The topological polar surface area (TPSA) is 90.7 Å². The lowest BCUT2D eigenvalue weighted by Gasteiger charge is -2.12. The molecule has 2 rings (SSSR count). The van der Waals surface area contributed by atoms with Crippen molar-refractivity contribution in [1.29, 1.82) is 0 Å². The van der Waals surface area contributed by atoms with Gasteiger partial charge in [-0.2, -0.15) is 0 Å². The van der Waals surface area contributed by atoms with Gasteiger partial charge in [-0.1, -0.05) is 6.07 Å². The number of nitro benzene ring substituents is 1. The molecule has 0 unspecified atom stereocenters. The highest BCUT2D eigenvalue weighted by Gasteiger charge is 2.07. The summed E-state index contributed by atoms with van der Waals surface area (Å²) in [5, 5.41) is 13.4. The average molecular weight is 384 g/mol. The number of carbonyl (C=O) groups excluding carboxylic acids is 1. The number of carbonyl (C=O) groups is 1. The Hall–Kier alpha value is -3.35. The van der Waals surface area contributed by atoms with Crippen LogP contribution < -0.4 is 14.8 Å². The van der Waals surface area contributed by atoms with Crippen molar-refractivity contribution in [3.05, 3.63) is 69.8 Å². The highest BCUT2D eigenvalue weighted by Crippen LogP contribution is 2.28. The molecule has 0 atom stereocenters. The summed E-state index contributed by atoms with van der Waals surface area (Å²) in [5.41, 5.74) is 1.77. The largest absolute Gasteiger partial charge is 0.490 e. The number of nitrogens with one attached hydrogen (secondary N) is 1. The quantitative estimate of drug-likeness (QED) is 0.383. The van der Waals surface area contributed by atoms with Gasteiger partial charge in [0, 0.05) is 24.8 Å². The second-order valence-corrected chi connectivity index (χ2v) is 5.87. The minimum absolute atomic E-state index is 0.0170. The van der Waals surface area contributed by atoms with Gasteiger partial charge in [0.25, 0.3) is 5.69 Å². The predicted molar refractivity (Wildman–Crippen MR) is 108 cm³/mol. The summed E-state index contributed by atoms with van der Waals surface area (Å²) in [5.74, 6) is 1.18. The molecule has 0 radical (unpaired) electrons. The molecule has 2 aromatic carbocycles. The first-order valence-corrected chi connectivity index (χ1v) is 9.12. The molecule has 2 aromatic rings. The summed E-state index contributed by atoms with van der Waals surface area (Å²) in [6, 6.07) is 11.7. The number of non-ortho nitro benzene ring substituents is 1. The third-order valence-electron chi connectivity index (χ3n) is 3.85. The Morgan fingerprint density at radius 3 is 2.39 bits per heavy atom. The third kappa shape index (κ3) is 6.42. The maximum absolute atomic E-state index is 11.9. The molecule has 0 saturated heterocycles. The summed E-state index contributed by atoms with van der Waals surface area (Å²) in [6.45, 7) is 5.43. The van der Waals surface area contributed by atoms with Crippen molar-refractivity contribution in [2.75, 3.05) is 19.8 Å². The minimum Gasteiger partial charge on any atom is -0.490 e. The van der Waals surface area contributed by atoms with Gasteiger partial charge in [-0.25, -0.2) is 0 Å². The maximum atomic E-state index is 11.9. The Morgan fingerprint density at radius 1 is 1.07 bits per heavy atom. The number of amides is 1. The normalized spacial score (nSPS) is 10.6. The SMILES string of the molecule is CCOc1ccc(CCNC(=O)C=Cc2ccc([N+](=O)[O-])cc2)cc1OCC. The van der Waals surface area contributed by atoms with Crippen LogP contribution in [0.15, 0.2) is 48.5 Å². The van der Waals surface area contributed by atoms with Crippen molar-refractivity contribution in [3.8, 4) is 11.5 Å². The average Bonchev–Trinajstić information content (AvgIpc) is 2.69. The Morgan fingerprint density at radius 2 is 1.75 bits per heavy atom. The smallest absolute Gasteiger partial charge is 0.269 e. The Bertz CT molecular complexity index is 831. The van der Waals surface area contributed by atoms with Crippen LogP contribution in [0.3, 0.4) is 0 Å². The molecule has 0 aromatic heterocycles. The van der Waals surface area contributed by atoms with Gasteiger partial charge in [0.05, 0.1) is 18.1 Å². The summed E-state index contributed by atoms with van der Waals surface area (Å²) < 4.78 is 11.1. The first-order valence-electron chi connectivity index (χ1n) is 9.12. The predicted octanol–water partition coefficient (Wildman–Crippen LogP) is 3.76. The van der Waals surface area contributed by atoms with E-state index >= 15 is 0 Å². The molecule has 0 saturated carbocycles. The highest BCUT2D eigenvalue weighted by molar-refractivity contribution is 5.91. The molecule has 0 fully saturated rings. The fourth-order valence-corrected chi connectivity index (χ4v) is 2.52. The zero-order valence-corrected chi connectivity index (χ0v) is 16.0. The number of ether oxygens (including phenoxy) is 2. The zero-order chi connectivity index (χ0) is 20.4. The summed E-state index contributed by atoms with van der Waals surface area (Å²) >= 11 is 0. The van der Waals surface area contributed by atoms with E-state index in [1.807, 2.05) is 32.0 Å².